The molecular weight excluding hydrogens is 350 g/mol. The highest BCUT2D eigenvalue weighted by Gasteiger charge is 2.17. The maximum atomic E-state index is 12.3. The van der Waals surface area contributed by atoms with Crippen molar-refractivity contribution in [2.45, 2.75) is 6.54 Å². The number of amides is 1. The van der Waals surface area contributed by atoms with Gasteiger partial charge in [-0.25, -0.2) is 9.78 Å². The van der Waals surface area contributed by atoms with Crippen LogP contribution in [0.25, 0.3) is 10.2 Å². The van der Waals surface area contributed by atoms with Crippen LogP contribution in [0, 0.1) is 0 Å². The Balaban J connectivity index is 1.62. The van der Waals surface area contributed by atoms with E-state index in [1.165, 1.54) is 7.11 Å². The molecule has 1 aromatic heterocycles. The summed E-state index contributed by atoms with van der Waals surface area (Å²) in [6, 6.07) is 14.8. The maximum absolute atomic E-state index is 12.3. The van der Waals surface area contributed by atoms with E-state index >= 15 is 0 Å². The number of para-hydroxylation sites is 2. The van der Waals surface area contributed by atoms with E-state index in [1.54, 1.807) is 35.6 Å². The quantitative estimate of drug-likeness (QED) is 0.649. The Hall–Kier alpha value is -2.77. The predicted molar refractivity (Wildman–Crippen MR) is 101 cm³/mol. The minimum Gasteiger partial charge on any atom is -0.465 e. The van der Waals surface area contributed by atoms with Gasteiger partial charge in [0, 0.05) is 0 Å². The molecule has 0 saturated heterocycles. The van der Waals surface area contributed by atoms with Crippen molar-refractivity contribution in [3.8, 4) is 0 Å². The Labute approximate surface area is 155 Å². The maximum Gasteiger partial charge on any atom is 0.339 e. The molecule has 0 saturated carbocycles. The topological polar surface area (TPSA) is 72.7 Å². The summed E-state index contributed by atoms with van der Waals surface area (Å²) in [5.74, 6) is -0.643. The van der Waals surface area contributed by atoms with E-state index in [2.05, 4.69) is 10.3 Å². The van der Waals surface area contributed by atoms with Crippen LogP contribution in [0.1, 0.15) is 15.4 Å². The molecule has 1 amide bonds. The molecule has 3 aromatic rings. The number of aromatic nitrogens is 1. The Morgan fingerprint density at radius 2 is 1.88 bits per heavy atom. The van der Waals surface area contributed by atoms with E-state index in [9.17, 15) is 9.59 Å². The summed E-state index contributed by atoms with van der Waals surface area (Å²) in [5, 5.41) is 3.78. The Kier molecular flexibility index (Phi) is 5.60. The molecular formula is C19H20N3O3S+. The van der Waals surface area contributed by atoms with Crippen molar-refractivity contribution < 1.29 is 19.2 Å². The largest absolute Gasteiger partial charge is 0.465 e. The Morgan fingerprint density at radius 3 is 2.65 bits per heavy atom. The van der Waals surface area contributed by atoms with Crippen molar-refractivity contribution in [1.29, 1.82) is 0 Å². The SMILES string of the molecule is COC(=O)c1ccccc1NC(=O)C[NH+](C)Cc1nc2ccccc2s1. The number of benzene rings is 2. The van der Waals surface area contributed by atoms with Crippen LogP contribution in [0.3, 0.4) is 0 Å². The van der Waals surface area contributed by atoms with Gasteiger partial charge in [0.15, 0.2) is 6.54 Å². The van der Waals surface area contributed by atoms with Gasteiger partial charge < -0.3 is 15.0 Å². The summed E-state index contributed by atoms with van der Waals surface area (Å²) in [5.41, 5.74) is 1.78. The predicted octanol–water partition coefficient (Wildman–Crippen LogP) is 1.74. The highest BCUT2D eigenvalue weighted by atomic mass is 32.1. The van der Waals surface area contributed by atoms with Gasteiger partial charge in [-0.3, -0.25) is 4.79 Å². The molecule has 1 atom stereocenters. The van der Waals surface area contributed by atoms with Gasteiger partial charge in [0.05, 0.1) is 35.6 Å². The number of hydrogen-bond donors (Lipinski definition) is 2. The fourth-order valence-electron chi connectivity index (χ4n) is 2.66. The minimum absolute atomic E-state index is 0.167. The van der Waals surface area contributed by atoms with E-state index in [1.807, 2.05) is 31.3 Å². The van der Waals surface area contributed by atoms with Crippen molar-refractivity contribution in [3.05, 3.63) is 59.1 Å². The third kappa shape index (κ3) is 4.25. The number of ether oxygens (including phenoxy) is 1. The lowest BCUT2D eigenvalue weighted by Gasteiger charge is -2.13. The van der Waals surface area contributed by atoms with E-state index in [0.29, 0.717) is 17.8 Å². The first-order chi connectivity index (χ1) is 12.6. The van der Waals surface area contributed by atoms with Crippen LogP contribution in [-0.2, 0) is 16.1 Å². The van der Waals surface area contributed by atoms with Crippen molar-refractivity contribution in [2.75, 3.05) is 26.0 Å². The molecule has 0 radical (unpaired) electrons. The molecule has 1 heterocycles. The zero-order valence-electron chi connectivity index (χ0n) is 14.6. The number of nitrogens with zero attached hydrogens (tertiary/aromatic N) is 1. The number of carbonyl (C=O) groups is 2. The number of rotatable bonds is 6. The third-order valence-corrected chi connectivity index (χ3v) is 4.90. The van der Waals surface area contributed by atoms with E-state index < -0.39 is 5.97 Å². The van der Waals surface area contributed by atoms with Crippen LogP contribution in [-0.4, -0.2) is 37.6 Å². The van der Waals surface area contributed by atoms with Crippen LogP contribution in [0.2, 0.25) is 0 Å². The fourth-order valence-corrected chi connectivity index (χ4v) is 3.75. The number of fused-ring (bicyclic) bond motifs is 1. The molecule has 0 aliphatic rings. The fraction of sp³-hybridized carbons (Fsp3) is 0.211. The second-order valence-electron chi connectivity index (χ2n) is 5.97. The zero-order chi connectivity index (χ0) is 18.5. The number of nitrogens with one attached hydrogen (secondary N) is 2. The molecule has 7 heteroatoms. The van der Waals surface area contributed by atoms with Crippen molar-refractivity contribution >= 4 is 39.1 Å². The van der Waals surface area contributed by atoms with Crippen LogP contribution < -0.4 is 10.2 Å². The molecule has 0 spiro atoms. The number of esters is 1. The molecule has 6 nitrogen and oxygen atoms in total. The van der Waals surface area contributed by atoms with Gasteiger partial charge in [0.1, 0.15) is 11.6 Å². The number of methoxy groups -OCH3 is 1. The lowest BCUT2D eigenvalue weighted by atomic mass is 10.2. The monoisotopic (exact) mass is 370 g/mol. The molecule has 0 bridgehead atoms. The summed E-state index contributed by atoms with van der Waals surface area (Å²) >= 11 is 1.64. The molecule has 0 aliphatic carbocycles. The van der Waals surface area contributed by atoms with Gasteiger partial charge in [-0.05, 0) is 24.3 Å². The minimum atomic E-state index is -0.476. The highest BCUT2D eigenvalue weighted by Crippen LogP contribution is 2.20. The second kappa shape index (κ2) is 8.07. The lowest BCUT2D eigenvalue weighted by Crippen LogP contribution is -3.08. The standard InChI is InChI=1S/C19H19N3O3S/c1-22(12-18-21-15-9-5-6-10-16(15)26-18)11-17(23)20-14-8-4-3-7-13(14)19(24)25-2/h3-10H,11-12H2,1-2H3,(H,20,23)/p+1. The Morgan fingerprint density at radius 1 is 1.15 bits per heavy atom. The molecule has 2 aromatic carbocycles. The molecule has 1 unspecified atom stereocenters. The summed E-state index contributed by atoms with van der Waals surface area (Å²) in [7, 11) is 3.26. The third-order valence-electron chi connectivity index (χ3n) is 3.86. The van der Waals surface area contributed by atoms with Gasteiger partial charge in [0.2, 0.25) is 0 Å². The summed E-state index contributed by atoms with van der Waals surface area (Å²) in [6.45, 7) is 0.927. The molecule has 0 fully saturated rings. The number of carbonyl (C=O) groups excluding carboxylic acids is 2. The average molecular weight is 370 g/mol. The zero-order valence-corrected chi connectivity index (χ0v) is 15.4. The molecule has 134 valence electrons. The number of anilines is 1. The average Bonchev–Trinajstić information content (AvgIpc) is 3.03. The van der Waals surface area contributed by atoms with Crippen LogP contribution >= 0.6 is 11.3 Å². The van der Waals surface area contributed by atoms with Crippen LogP contribution in [0.5, 0.6) is 0 Å². The lowest BCUT2D eigenvalue weighted by molar-refractivity contribution is -0.885. The summed E-state index contributed by atoms with van der Waals surface area (Å²) < 4.78 is 5.89. The van der Waals surface area contributed by atoms with Crippen molar-refractivity contribution in [1.82, 2.24) is 4.98 Å². The van der Waals surface area contributed by atoms with Gasteiger partial charge in [-0.1, -0.05) is 24.3 Å². The smallest absolute Gasteiger partial charge is 0.339 e. The molecule has 3 rings (SSSR count). The van der Waals surface area contributed by atoms with E-state index in [-0.39, 0.29) is 12.5 Å². The van der Waals surface area contributed by atoms with E-state index in [4.69, 9.17) is 4.74 Å². The van der Waals surface area contributed by atoms with Crippen LogP contribution in [0.15, 0.2) is 48.5 Å². The van der Waals surface area contributed by atoms with E-state index in [0.717, 1.165) is 20.1 Å². The first-order valence-electron chi connectivity index (χ1n) is 8.19. The normalized spacial score (nSPS) is 11.9. The molecule has 2 N–H and O–H groups in total. The van der Waals surface area contributed by atoms with Gasteiger partial charge in [-0.15, -0.1) is 11.3 Å². The first kappa shape index (κ1) is 18.0. The van der Waals surface area contributed by atoms with Crippen molar-refractivity contribution in [3.63, 3.8) is 0 Å². The number of likely N-dealkylation sites (N-methyl/N-ethyl adjacent to an activating group) is 1. The Bertz CT molecular complexity index is 905. The van der Waals surface area contributed by atoms with Gasteiger partial charge >= 0.3 is 5.97 Å². The number of quaternary nitrogens is 1. The highest BCUT2D eigenvalue weighted by molar-refractivity contribution is 7.18. The summed E-state index contributed by atoms with van der Waals surface area (Å²) in [6.07, 6.45) is 0. The van der Waals surface area contributed by atoms with Crippen LogP contribution in [0.4, 0.5) is 5.69 Å². The first-order valence-corrected chi connectivity index (χ1v) is 9.01. The van der Waals surface area contributed by atoms with Crippen molar-refractivity contribution in [2.24, 2.45) is 0 Å². The second-order valence-corrected chi connectivity index (χ2v) is 7.09. The van der Waals surface area contributed by atoms with Gasteiger partial charge in [-0.2, -0.15) is 0 Å². The molecule has 0 aliphatic heterocycles. The number of thiazole rings is 1. The number of hydrogen-bond acceptors (Lipinski definition) is 5. The van der Waals surface area contributed by atoms with Gasteiger partial charge in [0.25, 0.3) is 5.91 Å². The summed E-state index contributed by atoms with van der Waals surface area (Å²) in [4.78, 5) is 29.7. The molecule has 26 heavy (non-hydrogen) atoms.